The van der Waals surface area contributed by atoms with Crippen LogP contribution in [0.15, 0.2) is 29.2 Å². The van der Waals surface area contributed by atoms with Crippen molar-refractivity contribution in [3.63, 3.8) is 0 Å². The van der Waals surface area contributed by atoms with Crippen molar-refractivity contribution in [3.8, 4) is 0 Å². The molecule has 0 spiro atoms. The van der Waals surface area contributed by atoms with E-state index in [0.717, 1.165) is 31.2 Å². The predicted octanol–water partition coefficient (Wildman–Crippen LogP) is 0.617. The maximum atomic E-state index is 13.0. The lowest BCUT2D eigenvalue weighted by atomic mass is 9.97. The third-order valence-corrected chi connectivity index (χ3v) is 7.16. The molecule has 3 rings (SSSR count). The van der Waals surface area contributed by atoms with E-state index in [1.165, 1.54) is 19.1 Å². The van der Waals surface area contributed by atoms with Gasteiger partial charge in [-0.1, -0.05) is 12.1 Å². The Kier molecular flexibility index (Phi) is 8.88. The van der Waals surface area contributed by atoms with Crippen LogP contribution in [0.5, 0.6) is 0 Å². The molecule has 3 atom stereocenters. The van der Waals surface area contributed by atoms with E-state index >= 15 is 0 Å². The zero-order valence-electron chi connectivity index (χ0n) is 18.0. The molecule has 1 aromatic rings. The minimum atomic E-state index is -3.28. The summed E-state index contributed by atoms with van der Waals surface area (Å²) in [5, 5.41) is 14.0. The van der Waals surface area contributed by atoms with Crippen LogP contribution in [0.3, 0.4) is 0 Å². The average molecular weight is 474 g/mol. The van der Waals surface area contributed by atoms with Gasteiger partial charge in [-0.15, -0.1) is 12.4 Å². The van der Waals surface area contributed by atoms with Crippen LogP contribution in [0, 0.1) is 0 Å². The number of sulfone groups is 1. The van der Waals surface area contributed by atoms with Gasteiger partial charge in [0, 0.05) is 38.9 Å². The number of carbonyl (C=O) groups excluding carboxylic acids is 2. The SMILES string of the molecule is CC(=O)N1CCN(C(=O)Cc2ccc(S(C)(=O)=O)cc2)[C@@H](CC(O)[C@@H]2CCCN2)C1.Cl. The number of piperazine rings is 1. The number of halogens is 1. The highest BCUT2D eigenvalue weighted by Gasteiger charge is 2.35. The number of nitrogens with zero attached hydrogens (tertiary/aromatic N) is 2. The second-order valence-corrected chi connectivity index (χ2v) is 10.3. The number of amides is 2. The van der Waals surface area contributed by atoms with Crippen molar-refractivity contribution in [3.05, 3.63) is 29.8 Å². The summed E-state index contributed by atoms with van der Waals surface area (Å²) in [4.78, 5) is 28.6. The van der Waals surface area contributed by atoms with Crippen molar-refractivity contribution in [1.29, 1.82) is 0 Å². The largest absolute Gasteiger partial charge is 0.391 e. The molecular weight excluding hydrogens is 442 g/mol. The van der Waals surface area contributed by atoms with Crippen molar-refractivity contribution in [2.45, 2.75) is 55.7 Å². The molecular formula is C21H32ClN3O5S. The molecule has 0 radical (unpaired) electrons. The Morgan fingerprint density at radius 1 is 1.23 bits per heavy atom. The number of hydrogen-bond acceptors (Lipinski definition) is 6. The highest BCUT2D eigenvalue weighted by Crippen LogP contribution is 2.21. The lowest BCUT2D eigenvalue weighted by Gasteiger charge is -2.42. The number of carbonyl (C=O) groups is 2. The first-order chi connectivity index (χ1) is 14.1. The summed E-state index contributed by atoms with van der Waals surface area (Å²) >= 11 is 0. The first-order valence-electron chi connectivity index (χ1n) is 10.4. The average Bonchev–Trinajstić information content (AvgIpc) is 3.22. The maximum Gasteiger partial charge on any atom is 0.227 e. The summed E-state index contributed by atoms with van der Waals surface area (Å²) in [5.74, 6) is -0.112. The number of benzene rings is 1. The molecule has 2 N–H and O–H groups in total. The van der Waals surface area contributed by atoms with E-state index in [1.807, 2.05) is 0 Å². The van der Waals surface area contributed by atoms with Crippen LogP contribution in [0.2, 0.25) is 0 Å². The summed E-state index contributed by atoms with van der Waals surface area (Å²) in [5.41, 5.74) is 0.734. The van der Waals surface area contributed by atoms with Gasteiger partial charge >= 0.3 is 0 Å². The van der Waals surface area contributed by atoms with Gasteiger partial charge in [0.05, 0.1) is 23.5 Å². The van der Waals surface area contributed by atoms with E-state index in [1.54, 1.807) is 21.9 Å². The van der Waals surface area contributed by atoms with Gasteiger partial charge in [-0.3, -0.25) is 9.59 Å². The van der Waals surface area contributed by atoms with Gasteiger partial charge in [0.15, 0.2) is 9.84 Å². The van der Waals surface area contributed by atoms with Gasteiger partial charge in [-0.2, -0.15) is 0 Å². The molecule has 0 saturated carbocycles. The third kappa shape index (κ3) is 6.65. The summed E-state index contributed by atoms with van der Waals surface area (Å²) in [6.45, 7) is 3.72. The Bertz CT molecular complexity index is 872. The predicted molar refractivity (Wildman–Crippen MR) is 120 cm³/mol. The van der Waals surface area contributed by atoms with Crippen LogP contribution >= 0.6 is 12.4 Å². The lowest BCUT2D eigenvalue weighted by molar-refractivity contribution is -0.142. The van der Waals surface area contributed by atoms with Crippen molar-refractivity contribution < 1.29 is 23.1 Å². The smallest absolute Gasteiger partial charge is 0.227 e. The van der Waals surface area contributed by atoms with Crippen molar-refractivity contribution in [1.82, 2.24) is 15.1 Å². The van der Waals surface area contributed by atoms with E-state index in [9.17, 15) is 23.1 Å². The number of nitrogens with one attached hydrogen (secondary N) is 1. The summed E-state index contributed by atoms with van der Waals surface area (Å²) < 4.78 is 23.2. The van der Waals surface area contributed by atoms with Crippen LogP contribution in [0.1, 0.15) is 31.7 Å². The van der Waals surface area contributed by atoms with Gasteiger partial charge in [0.2, 0.25) is 11.8 Å². The molecule has 174 valence electrons. The lowest BCUT2D eigenvalue weighted by Crippen LogP contribution is -2.58. The highest BCUT2D eigenvalue weighted by atomic mass is 35.5. The molecule has 2 amide bonds. The summed E-state index contributed by atoms with van der Waals surface area (Å²) in [7, 11) is -3.28. The molecule has 2 aliphatic heterocycles. The minimum absolute atomic E-state index is 0. The van der Waals surface area contributed by atoms with E-state index in [2.05, 4.69) is 5.32 Å². The molecule has 8 nitrogen and oxygen atoms in total. The Morgan fingerprint density at radius 2 is 1.90 bits per heavy atom. The third-order valence-electron chi connectivity index (χ3n) is 6.03. The molecule has 10 heteroatoms. The molecule has 2 heterocycles. The fraction of sp³-hybridized carbons (Fsp3) is 0.619. The molecule has 31 heavy (non-hydrogen) atoms. The van der Waals surface area contributed by atoms with Gasteiger partial charge in [-0.25, -0.2) is 8.42 Å². The number of rotatable bonds is 6. The molecule has 1 unspecified atom stereocenters. The van der Waals surface area contributed by atoms with Crippen LogP contribution in [0.25, 0.3) is 0 Å². The highest BCUT2D eigenvalue weighted by molar-refractivity contribution is 7.90. The molecule has 0 bridgehead atoms. The molecule has 2 fully saturated rings. The number of hydrogen-bond donors (Lipinski definition) is 2. The first-order valence-corrected chi connectivity index (χ1v) is 12.3. The van der Waals surface area contributed by atoms with Crippen LogP contribution in [-0.4, -0.2) is 85.8 Å². The topological polar surface area (TPSA) is 107 Å². The van der Waals surface area contributed by atoms with Gasteiger partial charge in [-0.05, 0) is 43.5 Å². The Morgan fingerprint density at radius 3 is 2.45 bits per heavy atom. The summed E-state index contributed by atoms with van der Waals surface area (Å²) in [6, 6.07) is 6.12. The fourth-order valence-corrected chi connectivity index (χ4v) is 4.92. The van der Waals surface area contributed by atoms with Crippen molar-refractivity contribution in [2.75, 3.05) is 32.4 Å². The summed E-state index contributed by atoms with van der Waals surface area (Å²) in [6.07, 6.45) is 3.08. The minimum Gasteiger partial charge on any atom is -0.391 e. The van der Waals surface area contributed by atoms with Gasteiger partial charge in [0.25, 0.3) is 0 Å². The van der Waals surface area contributed by atoms with Crippen LogP contribution < -0.4 is 5.32 Å². The fourth-order valence-electron chi connectivity index (χ4n) is 4.28. The molecule has 1 aromatic carbocycles. The normalized spacial score (nSPS) is 22.7. The molecule has 0 aromatic heterocycles. The van der Waals surface area contributed by atoms with Crippen molar-refractivity contribution >= 4 is 34.1 Å². The Hall–Kier alpha value is -1.68. The van der Waals surface area contributed by atoms with E-state index in [-0.39, 0.29) is 47.6 Å². The first kappa shape index (κ1) is 25.6. The molecule has 0 aliphatic carbocycles. The number of aliphatic hydroxyl groups excluding tert-OH is 1. The Labute approximate surface area is 190 Å². The molecule has 2 aliphatic rings. The second kappa shape index (κ2) is 10.8. The van der Waals surface area contributed by atoms with Crippen LogP contribution in [-0.2, 0) is 25.8 Å². The van der Waals surface area contributed by atoms with Gasteiger partial charge < -0.3 is 20.2 Å². The Balaban J connectivity index is 0.00000341. The standard InChI is InChI=1S/C21H31N3O5S.ClH/c1-15(25)23-10-11-24(17(14-23)13-20(26)19-4-3-9-22-19)21(27)12-16-5-7-18(8-6-16)30(2,28)29;/h5-8,17,19-20,22,26H,3-4,9-14H2,1-2H3;1H/t17-,19-,20?;/m0./s1. The van der Waals surface area contributed by atoms with Gasteiger partial charge in [0.1, 0.15) is 0 Å². The van der Waals surface area contributed by atoms with E-state index < -0.39 is 15.9 Å². The zero-order chi connectivity index (χ0) is 21.9. The number of aliphatic hydroxyl groups is 1. The molecule has 2 saturated heterocycles. The van der Waals surface area contributed by atoms with E-state index in [4.69, 9.17) is 0 Å². The van der Waals surface area contributed by atoms with Crippen molar-refractivity contribution in [2.24, 2.45) is 0 Å². The zero-order valence-corrected chi connectivity index (χ0v) is 19.6. The monoisotopic (exact) mass is 473 g/mol. The maximum absolute atomic E-state index is 13.0. The second-order valence-electron chi connectivity index (χ2n) is 8.30. The van der Waals surface area contributed by atoms with E-state index in [0.29, 0.717) is 26.1 Å². The quantitative estimate of drug-likeness (QED) is 0.627. The van der Waals surface area contributed by atoms with Crippen LogP contribution in [0.4, 0.5) is 0 Å².